The van der Waals surface area contributed by atoms with Gasteiger partial charge in [0.05, 0.1) is 0 Å². The zero-order valence-electron chi connectivity index (χ0n) is 11.1. The van der Waals surface area contributed by atoms with Gasteiger partial charge in [-0.1, -0.05) is 0 Å². The minimum absolute atomic E-state index is 0. The molecule has 27 heteroatoms. The quantitative estimate of drug-likeness (QED) is 0.234. The van der Waals surface area contributed by atoms with Gasteiger partial charge in [-0.3, -0.25) is 21.0 Å². The van der Waals surface area contributed by atoms with Crippen LogP contribution in [0.4, 0.5) is 0 Å². The van der Waals surface area contributed by atoms with E-state index in [0.29, 0.717) is 0 Å². The Labute approximate surface area is 202 Å². The zero-order valence-corrected chi connectivity index (χ0v) is 22.1. The van der Waals surface area contributed by atoms with E-state index in [4.69, 9.17) is 66.6 Å². The molecule has 0 saturated carbocycles. The first kappa shape index (κ1) is 47.4. The molecule has 0 saturated heterocycles. The van der Waals surface area contributed by atoms with Crippen LogP contribution in [-0.4, -0.2) is 66.6 Å². The third kappa shape index (κ3) is 2960. The van der Waals surface area contributed by atoms with E-state index < -0.39 is 45.3 Å². The Morgan fingerprint density at radius 2 is 0.333 bits per heavy atom. The maximum atomic E-state index is 8.89. The molecule has 0 spiro atoms. The van der Waals surface area contributed by atoms with Crippen LogP contribution in [0.15, 0.2) is 0 Å². The van der Waals surface area contributed by atoms with Gasteiger partial charge in [0.2, 0.25) is 0 Å². The minimum atomic E-state index is -4.33. The average molecular weight is 663 g/mol. The van der Waals surface area contributed by atoms with E-state index in [1.807, 2.05) is 0 Å². The predicted octanol–water partition coefficient (Wildman–Crippen LogP) is -5.04. The molecular weight excluding hydrogens is 663 g/mol. The molecule has 0 aromatic carbocycles. The normalized spacial score (nSPS) is 10.7. The maximum Gasteiger partial charge on any atom is 0 e. The summed E-state index contributed by atoms with van der Waals surface area (Å²) in [6.07, 6.45) is 0. The molecule has 27 heavy (non-hydrogen) atoms. The van der Waals surface area contributed by atoms with Crippen molar-refractivity contribution in [3.8, 4) is 0 Å². The second-order valence-electron chi connectivity index (χ2n) is 2.04. The molecular formula is O15S10V2-10. The molecule has 170 valence electrons. The topological polar surface area (TPSA) is 316 Å². The second-order valence-corrected chi connectivity index (χ2v) is 12.2. The summed E-state index contributed by atoms with van der Waals surface area (Å²) < 4.78 is 133. The third-order valence-electron chi connectivity index (χ3n) is 0. The average Bonchev–Trinajstić information content (AvgIpc) is 1.79. The summed E-state index contributed by atoms with van der Waals surface area (Å²) in [5, 5.41) is 0. The molecule has 2 radical (unpaired) electrons. The van der Waals surface area contributed by atoms with Crippen molar-refractivity contribution in [3.63, 3.8) is 0 Å². The predicted molar refractivity (Wildman–Crippen MR) is 85.3 cm³/mol. The molecule has 0 aromatic heterocycles. The first-order chi connectivity index (χ1) is 10.0. The van der Waals surface area contributed by atoms with Gasteiger partial charge >= 0.3 is 0 Å². The van der Waals surface area contributed by atoms with E-state index in [0.717, 1.165) is 0 Å². The van der Waals surface area contributed by atoms with E-state index in [1.54, 1.807) is 0 Å². The molecule has 15 nitrogen and oxygen atoms in total. The SMILES string of the molecule is O=S([O-])([O-])=S.O=S([O-])([O-])=S.O=S([O-])([O-])=S.O=S([O-])([O-])=S.O=S([O-])([O-])=S.[V].[V]. The molecule has 0 bridgehead atoms. The largest absolute Gasteiger partial charge is 0.780 e. The Hall–Kier alpha value is 2.62. The summed E-state index contributed by atoms with van der Waals surface area (Å²) in [6.45, 7) is 0. The van der Waals surface area contributed by atoms with E-state index in [1.165, 1.54) is 0 Å². The van der Waals surface area contributed by atoms with Crippen molar-refractivity contribution in [1.82, 2.24) is 0 Å². The van der Waals surface area contributed by atoms with Crippen molar-refractivity contribution < 1.29 is 104 Å². The summed E-state index contributed by atoms with van der Waals surface area (Å²) >= 11 is 16.2. The van der Waals surface area contributed by atoms with Crippen molar-refractivity contribution in [1.29, 1.82) is 0 Å². The Morgan fingerprint density at radius 3 is 0.333 bits per heavy atom. The summed E-state index contributed by atoms with van der Waals surface area (Å²) in [4.78, 5) is 0. The van der Waals surface area contributed by atoms with Crippen LogP contribution in [0, 0.1) is 0 Å². The van der Waals surface area contributed by atoms with E-state index in [-0.39, 0.29) is 37.1 Å². The fourth-order valence-electron chi connectivity index (χ4n) is 0. The van der Waals surface area contributed by atoms with Crippen LogP contribution in [0.5, 0.6) is 0 Å². The molecule has 0 atom stereocenters. The molecule has 0 aliphatic heterocycles. The van der Waals surface area contributed by atoms with Crippen LogP contribution < -0.4 is 0 Å². The first-order valence-electron chi connectivity index (χ1n) is 3.33. The van der Waals surface area contributed by atoms with Gasteiger partial charge in [0.25, 0.3) is 0 Å². The molecule has 0 heterocycles. The molecule has 0 unspecified atom stereocenters. The number of rotatable bonds is 0. The fourth-order valence-corrected chi connectivity index (χ4v) is 0. The van der Waals surface area contributed by atoms with Crippen LogP contribution >= 0.6 is 0 Å². The van der Waals surface area contributed by atoms with Gasteiger partial charge in [0.1, 0.15) is 0 Å². The molecule has 0 aromatic rings. The summed E-state index contributed by atoms with van der Waals surface area (Å²) in [6, 6.07) is 0. The van der Waals surface area contributed by atoms with Crippen molar-refractivity contribution in [3.05, 3.63) is 0 Å². The third-order valence-corrected chi connectivity index (χ3v) is 0. The van der Waals surface area contributed by atoms with Crippen molar-refractivity contribution >= 4 is 101 Å². The van der Waals surface area contributed by atoms with Gasteiger partial charge in [-0.05, 0) is 55.9 Å². The van der Waals surface area contributed by atoms with Crippen LogP contribution in [0.1, 0.15) is 0 Å². The Bertz CT molecular complexity index is 625. The van der Waals surface area contributed by atoms with Gasteiger partial charge in [-0.25, -0.2) is 0 Å². The summed E-state index contributed by atoms with van der Waals surface area (Å²) in [7, 11) is -21.7. The Kier molecular flexibility index (Phi) is 36.0. The number of hydrogen-bond donors (Lipinski definition) is 0. The molecule has 0 rings (SSSR count). The van der Waals surface area contributed by atoms with Crippen LogP contribution in [0.2, 0.25) is 0 Å². The molecule has 0 fully saturated rings. The van der Waals surface area contributed by atoms with Crippen LogP contribution in [-0.2, 0) is 138 Å². The van der Waals surface area contributed by atoms with E-state index in [9.17, 15) is 0 Å². The van der Waals surface area contributed by atoms with Gasteiger partial charge in [-0.2, -0.15) is 0 Å². The van der Waals surface area contributed by atoms with E-state index in [2.05, 4.69) is 55.9 Å². The summed E-state index contributed by atoms with van der Waals surface area (Å²) in [5.74, 6) is 0. The van der Waals surface area contributed by atoms with Gasteiger partial charge in [0, 0.05) is 37.1 Å². The van der Waals surface area contributed by atoms with Crippen molar-refractivity contribution in [2.75, 3.05) is 0 Å². The van der Waals surface area contributed by atoms with Crippen LogP contribution in [0.25, 0.3) is 0 Å². The Morgan fingerprint density at radius 1 is 0.333 bits per heavy atom. The monoisotopic (exact) mass is 662 g/mol. The van der Waals surface area contributed by atoms with Crippen LogP contribution in [0.3, 0.4) is 0 Å². The van der Waals surface area contributed by atoms with Gasteiger partial charge < -0.3 is 45.5 Å². The molecule has 0 aliphatic carbocycles. The molecule has 0 N–H and O–H groups in total. The maximum absolute atomic E-state index is 8.89. The molecule has 0 aliphatic rings. The van der Waals surface area contributed by atoms with E-state index >= 15 is 0 Å². The van der Waals surface area contributed by atoms with Crippen molar-refractivity contribution in [2.45, 2.75) is 0 Å². The minimum Gasteiger partial charge on any atom is -0.780 e. The standard InChI is InChI=1S/5H2O3S2.2V/c5*1-5(2,3)4;;/h5*(H2,1,2,3,4);;/p-10. The smallest absolute Gasteiger partial charge is 0 e. The fraction of sp³-hybridized carbons (Fsp3) is 0. The first-order valence-corrected chi connectivity index (χ1v) is 15.0. The Balaban J connectivity index is -0.0000000364. The van der Waals surface area contributed by atoms with Gasteiger partial charge in [-0.15, -0.1) is 45.3 Å². The summed E-state index contributed by atoms with van der Waals surface area (Å²) in [5.41, 5.74) is 0. The molecule has 0 amide bonds. The number of hydrogen-bond acceptors (Lipinski definition) is 20. The van der Waals surface area contributed by atoms with Gasteiger partial charge in [0.15, 0.2) is 0 Å². The second kappa shape index (κ2) is 20.5. The van der Waals surface area contributed by atoms with Crippen molar-refractivity contribution in [2.24, 2.45) is 0 Å². The zero-order chi connectivity index (χ0) is 22.5.